The Morgan fingerprint density at radius 1 is 1.31 bits per heavy atom. The summed E-state index contributed by atoms with van der Waals surface area (Å²) in [5, 5.41) is 2.61. The van der Waals surface area contributed by atoms with Gasteiger partial charge in [0, 0.05) is 30.4 Å². The van der Waals surface area contributed by atoms with Crippen molar-refractivity contribution in [1.82, 2.24) is 14.7 Å². The van der Waals surface area contributed by atoms with E-state index in [1.54, 1.807) is 12.1 Å². The predicted molar refractivity (Wildman–Crippen MR) is 108 cm³/mol. The van der Waals surface area contributed by atoms with E-state index in [1.807, 2.05) is 35.9 Å². The number of halogens is 1. The molecule has 29 heavy (non-hydrogen) atoms. The van der Waals surface area contributed by atoms with Crippen LogP contribution in [-0.4, -0.2) is 40.6 Å². The molecule has 0 aliphatic carbocycles. The number of fused-ring (bicyclic) bond motifs is 1. The minimum Gasteiger partial charge on any atom is -0.442 e. The summed E-state index contributed by atoms with van der Waals surface area (Å²) in [6, 6.07) is 8.29. The van der Waals surface area contributed by atoms with Gasteiger partial charge in [-0.2, -0.15) is 0 Å². The number of aromatic nitrogens is 2. The zero-order chi connectivity index (χ0) is 19.8. The van der Waals surface area contributed by atoms with Crippen molar-refractivity contribution in [2.75, 3.05) is 18.0 Å². The van der Waals surface area contributed by atoms with Crippen molar-refractivity contribution in [2.45, 2.75) is 27.4 Å². The number of amides is 2. The minimum absolute atomic E-state index is 0. The largest absolute Gasteiger partial charge is 0.442 e. The van der Waals surface area contributed by atoms with Crippen molar-refractivity contribution in [3.05, 3.63) is 54.2 Å². The number of pyridine rings is 1. The molecule has 0 saturated carbocycles. The molecule has 3 heterocycles. The van der Waals surface area contributed by atoms with Gasteiger partial charge in [0.1, 0.15) is 17.6 Å². The number of rotatable bonds is 4. The molecule has 2 aromatic heterocycles. The number of nitrogens with one attached hydrogen (secondary N) is 1. The summed E-state index contributed by atoms with van der Waals surface area (Å²) in [6.45, 7) is 3.77. The maximum atomic E-state index is 14.8. The average molecular weight is 398 g/mol. The van der Waals surface area contributed by atoms with Crippen LogP contribution in [0.15, 0.2) is 42.7 Å². The van der Waals surface area contributed by atoms with Crippen LogP contribution in [-0.2, 0) is 9.53 Å². The molecular weight excluding hydrogens is 375 g/mol. The van der Waals surface area contributed by atoms with Crippen LogP contribution >= 0.6 is 0 Å². The first kappa shape index (κ1) is 20.3. The zero-order valence-electron chi connectivity index (χ0n) is 15.5. The number of anilines is 1. The Hall–Kier alpha value is -3.42. The van der Waals surface area contributed by atoms with E-state index in [9.17, 15) is 14.0 Å². The molecule has 8 heteroatoms. The molecule has 1 N–H and O–H groups in total. The third kappa shape index (κ3) is 4.06. The molecule has 0 unspecified atom stereocenters. The number of hydrogen-bond acceptors (Lipinski definition) is 4. The monoisotopic (exact) mass is 398 g/mol. The maximum absolute atomic E-state index is 14.8. The van der Waals surface area contributed by atoms with Gasteiger partial charge in [-0.15, -0.1) is 0 Å². The van der Waals surface area contributed by atoms with Crippen LogP contribution in [0, 0.1) is 12.7 Å². The van der Waals surface area contributed by atoms with Crippen LogP contribution in [0.25, 0.3) is 16.8 Å². The first-order valence-corrected chi connectivity index (χ1v) is 8.88. The van der Waals surface area contributed by atoms with E-state index < -0.39 is 18.0 Å². The van der Waals surface area contributed by atoms with E-state index >= 15 is 0 Å². The number of benzene rings is 1. The van der Waals surface area contributed by atoms with Crippen LogP contribution < -0.4 is 10.2 Å². The molecule has 3 aromatic rings. The number of aryl methyl sites for hydroxylation is 1. The molecule has 1 aliphatic rings. The summed E-state index contributed by atoms with van der Waals surface area (Å²) in [7, 11) is 0. The quantitative estimate of drug-likeness (QED) is 0.729. The highest BCUT2D eigenvalue weighted by molar-refractivity contribution is 5.90. The Morgan fingerprint density at radius 3 is 2.83 bits per heavy atom. The zero-order valence-corrected chi connectivity index (χ0v) is 15.5. The number of ether oxygens (including phenoxy) is 1. The Morgan fingerprint density at radius 2 is 2.10 bits per heavy atom. The third-order valence-electron chi connectivity index (χ3n) is 4.60. The second-order valence-corrected chi connectivity index (χ2v) is 6.78. The number of imidazole rings is 1. The van der Waals surface area contributed by atoms with Gasteiger partial charge in [-0.1, -0.05) is 7.43 Å². The minimum atomic E-state index is -0.558. The van der Waals surface area contributed by atoms with Crippen LogP contribution in [0.5, 0.6) is 0 Å². The van der Waals surface area contributed by atoms with Crippen LogP contribution in [0.3, 0.4) is 0 Å². The fourth-order valence-electron chi connectivity index (χ4n) is 3.28. The fraction of sp³-hybridized carbons (Fsp3) is 0.286. The Bertz CT molecular complexity index is 1080. The molecule has 0 radical (unpaired) electrons. The van der Waals surface area contributed by atoms with Gasteiger partial charge >= 0.3 is 6.09 Å². The van der Waals surface area contributed by atoms with Gasteiger partial charge < -0.3 is 14.5 Å². The van der Waals surface area contributed by atoms with Gasteiger partial charge in [0.15, 0.2) is 0 Å². The van der Waals surface area contributed by atoms with Crippen molar-refractivity contribution < 1.29 is 18.7 Å². The highest BCUT2D eigenvalue weighted by atomic mass is 19.1. The van der Waals surface area contributed by atoms with Crippen LogP contribution in [0.1, 0.15) is 20.0 Å². The lowest BCUT2D eigenvalue weighted by Crippen LogP contribution is -2.33. The number of cyclic esters (lactones) is 1. The smallest absolute Gasteiger partial charge is 0.414 e. The van der Waals surface area contributed by atoms with Gasteiger partial charge in [0.25, 0.3) is 0 Å². The third-order valence-corrected chi connectivity index (χ3v) is 4.60. The maximum Gasteiger partial charge on any atom is 0.414 e. The molecule has 4 rings (SSSR count). The molecule has 152 valence electrons. The number of carbonyl (C=O) groups excluding carboxylic acids is 2. The summed E-state index contributed by atoms with van der Waals surface area (Å²) < 4.78 is 21.9. The molecule has 0 spiro atoms. The normalized spacial score (nSPS) is 15.9. The van der Waals surface area contributed by atoms with Gasteiger partial charge in [-0.3, -0.25) is 9.69 Å². The molecule has 1 atom stereocenters. The Labute approximate surface area is 168 Å². The van der Waals surface area contributed by atoms with Crippen molar-refractivity contribution in [1.29, 1.82) is 0 Å². The van der Waals surface area contributed by atoms with Gasteiger partial charge in [-0.05, 0) is 37.3 Å². The van der Waals surface area contributed by atoms with E-state index in [-0.39, 0.29) is 26.4 Å². The van der Waals surface area contributed by atoms with E-state index in [0.717, 1.165) is 11.3 Å². The first-order valence-electron chi connectivity index (χ1n) is 8.88. The van der Waals surface area contributed by atoms with E-state index in [0.29, 0.717) is 16.8 Å². The summed E-state index contributed by atoms with van der Waals surface area (Å²) in [4.78, 5) is 28.8. The number of hydrogen-bond donors (Lipinski definition) is 1. The van der Waals surface area contributed by atoms with Gasteiger partial charge in [-0.25, -0.2) is 14.2 Å². The molecule has 2 amide bonds. The topological polar surface area (TPSA) is 75.9 Å². The number of carbonyl (C=O) groups is 2. The molecular formula is C21H23FN4O3. The number of nitrogens with zero attached hydrogens (tertiary/aromatic N) is 3. The Balaban J connectivity index is 0.00000240. The summed E-state index contributed by atoms with van der Waals surface area (Å²) >= 11 is 0. The summed E-state index contributed by atoms with van der Waals surface area (Å²) in [5.74, 6) is -0.637. The van der Waals surface area contributed by atoms with E-state index in [4.69, 9.17) is 4.74 Å². The summed E-state index contributed by atoms with van der Waals surface area (Å²) in [6.07, 6.45) is 2.67. The van der Waals surface area contributed by atoms with Gasteiger partial charge in [0.05, 0.1) is 24.5 Å². The molecule has 1 aromatic carbocycles. The molecule has 1 fully saturated rings. The van der Waals surface area contributed by atoms with Crippen molar-refractivity contribution in [2.24, 2.45) is 0 Å². The standard InChI is InChI=1S/C20H19FN4O3.CH4/c1-12-9-24-10-14(3-6-19(24)23-12)17-5-4-15(7-18(17)21)25-11-16(28-20(25)27)8-22-13(2)26;/h3-7,9-10,16H,8,11H2,1-2H3,(H,22,26);1H4/t16-;/m0./s1. The van der Waals surface area contributed by atoms with Gasteiger partial charge in [0.2, 0.25) is 5.91 Å². The highest BCUT2D eigenvalue weighted by Gasteiger charge is 2.32. The Kier molecular flexibility index (Phi) is 5.54. The van der Waals surface area contributed by atoms with Crippen LogP contribution in [0.2, 0.25) is 0 Å². The molecule has 1 aliphatic heterocycles. The molecule has 7 nitrogen and oxygen atoms in total. The SMILES string of the molecule is C.CC(=O)NC[C@H]1CN(c2ccc(-c3ccc4nc(C)cn4c3)c(F)c2)C(=O)O1. The second kappa shape index (κ2) is 7.90. The van der Waals surface area contributed by atoms with E-state index in [2.05, 4.69) is 10.3 Å². The lowest BCUT2D eigenvalue weighted by atomic mass is 10.1. The lowest BCUT2D eigenvalue weighted by molar-refractivity contribution is -0.119. The first-order chi connectivity index (χ1) is 13.4. The predicted octanol–water partition coefficient (Wildman–Crippen LogP) is 3.55. The van der Waals surface area contributed by atoms with E-state index in [1.165, 1.54) is 17.9 Å². The molecule has 1 saturated heterocycles. The van der Waals surface area contributed by atoms with Crippen LogP contribution in [0.4, 0.5) is 14.9 Å². The second-order valence-electron chi connectivity index (χ2n) is 6.78. The average Bonchev–Trinajstić information content (AvgIpc) is 3.20. The van der Waals surface area contributed by atoms with Crippen molar-refractivity contribution in [3.8, 4) is 11.1 Å². The highest BCUT2D eigenvalue weighted by Crippen LogP contribution is 2.29. The lowest BCUT2D eigenvalue weighted by Gasteiger charge is -2.14. The molecule has 0 bridgehead atoms. The van der Waals surface area contributed by atoms with Crippen molar-refractivity contribution in [3.63, 3.8) is 0 Å². The summed E-state index contributed by atoms with van der Waals surface area (Å²) in [5.41, 5.74) is 3.23. The fourth-order valence-corrected chi connectivity index (χ4v) is 3.28. The van der Waals surface area contributed by atoms with Crippen molar-refractivity contribution >= 4 is 23.3 Å².